The molecule has 1 fully saturated rings. The number of benzene rings is 2. The summed E-state index contributed by atoms with van der Waals surface area (Å²) in [6, 6.07) is 15.6. The molecule has 1 aliphatic rings. The second-order valence-electron chi connectivity index (χ2n) is 6.86. The van der Waals surface area contributed by atoms with Crippen LogP contribution < -0.4 is 0 Å². The maximum atomic E-state index is 13.5. The second-order valence-corrected chi connectivity index (χ2v) is 6.86. The van der Waals surface area contributed by atoms with E-state index in [1.807, 2.05) is 18.2 Å². The highest BCUT2D eigenvalue weighted by Gasteiger charge is 2.20. The van der Waals surface area contributed by atoms with Gasteiger partial charge in [-0.25, -0.2) is 4.39 Å². The lowest BCUT2D eigenvalue weighted by molar-refractivity contribution is -0.133. The Balaban J connectivity index is 1.70. The van der Waals surface area contributed by atoms with Crippen LogP contribution in [0.2, 0.25) is 0 Å². The van der Waals surface area contributed by atoms with Gasteiger partial charge in [0.1, 0.15) is 5.82 Å². The monoisotopic (exact) mass is 366 g/mol. The van der Waals surface area contributed by atoms with Crippen LogP contribution in [0.5, 0.6) is 0 Å². The quantitative estimate of drug-likeness (QED) is 0.738. The number of rotatable bonds is 7. The highest BCUT2D eigenvalue weighted by Crippen LogP contribution is 2.19. The average Bonchev–Trinajstić information content (AvgIpc) is 3.20. The summed E-state index contributed by atoms with van der Waals surface area (Å²) in [7, 11) is 0. The molecule has 1 saturated heterocycles. The van der Waals surface area contributed by atoms with E-state index in [-0.39, 0.29) is 17.8 Å². The van der Waals surface area contributed by atoms with Gasteiger partial charge < -0.3 is 9.64 Å². The van der Waals surface area contributed by atoms with Crippen LogP contribution in [-0.4, -0.2) is 23.5 Å². The zero-order valence-electron chi connectivity index (χ0n) is 15.2. The smallest absolute Gasteiger partial charge is 0.223 e. The first-order chi connectivity index (χ1) is 13.1. The maximum absolute atomic E-state index is 13.5. The number of halogens is 1. The van der Waals surface area contributed by atoms with E-state index in [0.29, 0.717) is 31.5 Å². The molecule has 1 heterocycles. The van der Waals surface area contributed by atoms with Gasteiger partial charge in [-0.2, -0.15) is 5.26 Å². The Labute approximate surface area is 159 Å². The molecule has 27 heavy (non-hydrogen) atoms. The summed E-state index contributed by atoms with van der Waals surface area (Å²) in [6.07, 6.45) is 3.35. The number of hydrogen-bond donors (Lipinski definition) is 0. The van der Waals surface area contributed by atoms with Crippen molar-refractivity contribution in [1.29, 1.82) is 5.26 Å². The lowest BCUT2D eigenvalue weighted by Gasteiger charge is -2.24. The van der Waals surface area contributed by atoms with Crippen molar-refractivity contribution in [1.82, 2.24) is 4.90 Å². The lowest BCUT2D eigenvalue weighted by Crippen LogP contribution is -2.30. The Hall–Kier alpha value is -2.71. The summed E-state index contributed by atoms with van der Waals surface area (Å²) >= 11 is 0. The van der Waals surface area contributed by atoms with Gasteiger partial charge in [0, 0.05) is 26.1 Å². The van der Waals surface area contributed by atoms with E-state index in [4.69, 9.17) is 10.00 Å². The molecule has 4 nitrogen and oxygen atoms in total. The van der Waals surface area contributed by atoms with Gasteiger partial charge in [0.25, 0.3) is 0 Å². The van der Waals surface area contributed by atoms with Crippen molar-refractivity contribution in [3.8, 4) is 6.07 Å². The van der Waals surface area contributed by atoms with Crippen LogP contribution >= 0.6 is 0 Å². The topological polar surface area (TPSA) is 53.3 Å². The normalized spacial score (nSPS) is 16.1. The first kappa shape index (κ1) is 19.1. The minimum atomic E-state index is -0.308. The summed E-state index contributed by atoms with van der Waals surface area (Å²) in [6.45, 7) is 1.55. The van der Waals surface area contributed by atoms with Gasteiger partial charge in [0.15, 0.2) is 0 Å². The molecular formula is C22H23FN2O2. The number of nitriles is 1. The van der Waals surface area contributed by atoms with Crippen LogP contribution in [0.25, 0.3) is 0 Å². The standard InChI is InChI=1S/C22H23FN2O2/c23-20-4-1-3-19(13-20)16-25(15-18-8-6-17(14-24)7-9-18)22(26)11-10-21-5-2-12-27-21/h1,3-4,6-9,13,21H,2,5,10-12,15-16H2. The first-order valence-corrected chi connectivity index (χ1v) is 9.27. The fraction of sp³-hybridized carbons (Fsp3) is 0.364. The molecule has 3 rings (SSSR count). The molecule has 140 valence electrons. The van der Waals surface area contributed by atoms with Gasteiger partial charge in [-0.3, -0.25) is 4.79 Å². The summed E-state index contributed by atoms with van der Waals surface area (Å²) in [5.74, 6) is -0.281. The third-order valence-corrected chi connectivity index (χ3v) is 4.78. The molecule has 0 aromatic heterocycles. The molecule has 2 aromatic carbocycles. The largest absolute Gasteiger partial charge is 0.378 e. The maximum Gasteiger partial charge on any atom is 0.223 e. The van der Waals surface area contributed by atoms with E-state index in [2.05, 4.69) is 6.07 Å². The number of ether oxygens (including phenoxy) is 1. The number of carbonyl (C=O) groups excluding carboxylic acids is 1. The number of amides is 1. The second kappa shape index (κ2) is 9.29. The molecule has 0 N–H and O–H groups in total. The Bertz CT molecular complexity index is 808. The van der Waals surface area contributed by atoms with Crippen molar-refractivity contribution in [2.45, 2.75) is 44.9 Å². The predicted octanol–water partition coefficient (Wildman–Crippen LogP) is 4.19. The average molecular weight is 366 g/mol. The number of carbonyl (C=O) groups is 1. The molecule has 0 bridgehead atoms. The molecule has 1 amide bonds. The molecule has 0 spiro atoms. The van der Waals surface area contributed by atoms with Crippen molar-refractivity contribution in [2.75, 3.05) is 6.61 Å². The fourth-order valence-electron chi connectivity index (χ4n) is 3.31. The number of hydrogen-bond acceptors (Lipinski definition) is 3. The van der Waals surface area contributed by atoms with Gasteiger partial charge >= 0.3 is 0 Å². The van der Waals surface area contributed by atoms with Crippen LogP contribution in [0.15, 0.2) is 48.5 Å². The van der Waals surface area contributed by atoms with Crippen molar-refractivity contribution < 1.29 is 13.9 Å². The van der Waals surface area contributed by atoms with Crippen molar-refractivity contribution >= 4 is 5.91 Å². The van der Waals surface area contributed by atoms with Gasteiger partial charge in [0.05, 0.1) is 17.7 Å². The minimum Gasteiger partial charge on any atom is -0.378 e. The van der Waals surface area contributed by atoms with E-state index in [1.165, 1.54) is 12.1 Å². The molecule has 0 saturated carbocycles. The fourth-order valence-corrected chi connectivity index (χ4v) is 3.31. The Morgan fingerprint density at radius 3 is 2.63 bits per heavy atom. The molecule has 2 aromatic rings. The third kappa shape index (κ3) is 5.63. The van der Waals surface area contributed by atoms with E-state index in [9.17, 15) is 9.18 Å². The van der Waals surface area contributed by atoms with Crippen molar-refractivity contribution in [3.05, 3.63) is 71.0 Å². The Kier molecular flexibility index (Phi) is 6.56. The number of nitrogens with zero attached hydrogens (tertiary/aromatic N) is 2. The van der Waals surface area contributed by atoms with E-state index < -0.39 is 0 Å². The summed E-state index contributed by atoms with van der Waals surface area (Å²) in [4.78, 5) is 14.6. The van der Waals surface area contributed by atoms with Crippen LogP contribution in [0.4, 0.5) is 4.39 Å². The summed E-state index contributed by atoms with van der Waals surface area (Å²) < 4.78 is 19.1. The van der Waals surface area contributed by atoms with E-state index in [0.717, 1.165) is 30.6 Å². The summed E-state index contributed by atoms with van der Waals surface area (Å²) in [5.41, 5.74) is 2.28. The zero-order valence-corrected chi connectivity index (χ0v) is 15.2. The SMILES string of the molecule is N#Cc1ccc(CN(Cc2cccc(F)c2)C(=O)CCC2CCCO2)cc1. The van der Waals surface area contributed by atoms with E-state index >= 15 is 0 Å². The Morgan fingerprint density at radius 1 is 1.19 bits per heavy atom. The van der Waals surface area contributed by atoms with Gasteiger partial charge in [0.2, 0.25) is 5.91 Å². The molecule has 1 aliphatic heterocycles. The van der Waals surface area contributed by atoms with Crippen LogP contribution in [0, 0.1) is 17.1 Å². The van der Waals surface area contributed by atoms with Crippen LogP contribution in [-0.2, 0) is 22.6 Å². The molecular weight excluding hydrogens is 343 g/mol. The highest BCUT2D eigenvalue weighted by molar-refractivity contribution is 5.76. The molecule has 1 unspecified atom stereocenters. The molecule has 1 atom stereocenters. The van der Waals surface area contributed by atoms with Crippen LogP contribution in [0.3, 0.4) is 0 Å². The first-order valence-electron chi connectivity index (χ1n) is 9.27. The highest BCUT2D eigenvalue weighted by atomic mass is 19.1. The van der Waals surface area contributed by atoms with Gasteiger partial charge in [-0.1, -0.05) is 24.3 Å². The van der Waals surface area contributed by atoms with Gasteiger partial charge in [-0.15, -0.1) is 0 Å². The van der Waals surface area contributed by atoms with Gasteiger partial charge in [-0.05, 0) is 54.7 Å². The van der Waals surface area contributed by atoms with Crippen LogP contribution in [0.1, 0.15) is 42.4 Å². The third-order valence-electron chi connectivity index (χ3n) is 4.78. The van der Waals surface area contributed by atoms with Crippen molar-refractivity contribution in [3.63, 3.8) is 0 Å². The summed E-state index contributed by atoms with van der Waals surface area (Å²) in [5, 5.41) is 8.93. The minimum absolute atomic E-state index is 0.0270. The van der Waals surface area contributed by atoms with E-state index in [1.54, 1.807) is 23.1 Å². The Morgan fingerprint density at radius 2 is 1.96 bits per heavy atom. The molecule has 0 aliphatic carbocycles. The van der Waals surface area contributed by atoms with Crippen molar-refractivity contribution in [2.24, 2.45) is 0 Å². The molecule has 0 radical (unpaired) electrons. The zero-order chi connectivity index (χ0) is 19.1. The predicted molar refractivity (Wildman–Crippen MR) is 100 cm³/mol. The lowest BCUT2D eigenvalue weighted by atomic mass is 10.1. The molecule has 5 heteroatoms.